The summed E-state index contributed by atoms with van der Waals surface area (Å²) in [7, 11) is -6.86. The molecule has 6 N–H and O–H groups in total. The summed E-state index contributed by atoms with van der Waals surface area (Å²) in [6, 6.07) is 0. The van der Waals surface area contributed by atoms with E-state index < -0.39 is 61.9 Å². The van der Waals surface area contributed by atoms with Gasteiger partial charge in [-0.3, -0.25) is 9.89 Å². The Hall–Kier alpha value is -1.46. The number of hydrogen-bond acceptors (Lipinski definition) is 12. The van der Waals surface area contributed by atoms with Gasteiger partial charge in [-0.25, -0.2) is 9.25 Å². The molecule has 0 bridgehead atoms. The van der Waals surface area contributed by atoms with E-state index in [0.717, 1.165) is 4.68 Å². The fourth-order valence-corrected chi connectivity index (χ4v) is 4.08. The Morgan fingerprint density at radius 3 is 2.69 bits per heavy atom. The van der Waals surface area contributed by atoms with Crippen LogP contribution in [0.4, 0.5) is 5.69 Å². The quantitative estimate of drug-likeness (QED) is 0.227. The molecule has 6 atom stereocenters. The van der Waals surface area contributed by atoms with E-state index in [9.17, 15) is 28.7 Å². The van der Waals surface area contributed by atoms with Gasteiger partial charge in [-0.15, -0.1) is 4.52 Å². The van der Waals surface area contributed by atoms with Crippen LogP contribution in [0.5, 0.6) is 0 Å². The average molecular weight is 472 g/mol. The molecule has 1 fully saturated rings. The van der Waals surface area contributed by atoms with Gasteiger partial charge >= 0.3 is 25.2 Å². The molecule has 0 spiro atoms. The molecular formula is C12H19N4O10P3+2. The number of nitrogen functional groups attached to an aromatic ring is 1. The molecule has 0 saturated carbocycles. The Labute approximate surface area is 167 Å². The summed E-state index contributed by atoms with van der Waals surface area (Å²) >= 11 is 0. The van der Waals surface area contributed by atoms with Gasteiger partial charge in [0.15, 0.2) is 10.5 Å². The Morgan fingerprint density at radius 2 is 2.07 bits per heavy atom. The van der Waals surface area contributed by atoms with Crippen LogP contribution in [0.2, 0.25) is 0 Å². The van der Waals surface area contributed by atoms with E-state index in [-0.39, 0.29) is 17.1 Å². The lowest BCUT2D eigenvalue weighted by Crippen LogP contribution is -2.35. The van der Waals surface area contributed by atoms with Crippen molar-refractivity contribution in [3.05, 3.63) is 16.0 Å². The minimum absolute atomic E-state index is 0.0831. The second-order valence-corrected chi connectivity index (χ2v) is 8.44. The lowest BCUT2D eigenvalue weighted by Gasteiger charge is -2.15. The fraction of sp³-hybridized carbons (Fsp3) is 0.667. The molecule has 1 aromatic heterocycles. The number of aliphatic hydroxyl groups is 2. The normalized spacial score (nSPS) is 25.3. The molecule has 2 rings (SSSR count). The van der Waals surface area contributed by atoms with E-state index in [4.69, 9.17) is 20.4 Å². The topological polar surface area (TPSA) is 216 Å². The van der Waals surface area contributed by atoms with Gasteiger partial charge in [-0.05, 0) is 10.7 Å². The van der Waals surface area contributed by atoms with Crippen LogP contribution in [0, 0.1) is 5.41 Å². The summed E-state index contributed by atoms with van der Waals surface area (Å²) < 4.78 is 51.9. The number of ether oxygens (including phenoxy) is 1. The first-order valence-corrected chi connectivity index (χ1v) is 11.1. The van der Waals surface area contributed by atoms with Crippen LogP contribution in [0.15, 0.2) is 4.79 Å². The predicted molar refractivity (Wildman–Crippen MR) is 98.1 cm³/mol. The van der Waals surface area contributed by atoms with Crippen molar-refractivity contribution in [3.8, 4) is 0 Å². The summed E-state index contributed by atoms with van der Waals surface area (Å²) in [4.78, 5) is 12.4. The third-order valence-electron chi connectivity index (χ3n) is 3.92. The van der Waals surface area contributed by atoms with Crippen LogP contribution < -0.4 is 11.3 Å². The van der Waals surface area contributed by atoms with Gasteiger partial charge in [0.05, 0.1) is 5.71 Å². The minimum Gasteiger partial charge on any atom is -0.392 e. The van der Waals surface area contributed by atoms with E-state index in [1.807, 2.05) is 6.92 Å². The van der Waals surface area contributed by atoms with Crippen molar-refractivity contribution in [2.75, 3.05) is 12.3 Å². The van der Waals surface area contributed by atoms with E-state index in [0.29, 0.717) is 12.8 Å². The second kappa shape index (κ2) is 10.5. The van der Waals surface area contributed by atoms with E-state index in [2.05, 4.69) is 13.7 Å². The molecule has 29 heavy (non-hydrogen) atoms. The molecule has 6 unspecified atom stereocenters. The zero-order valence-corrected chi connectivity index (χ0v) is 17.6. The van der Waals surface area contributed by atoms with Crippen molar-refractivity contribution in [3.63, 3.8) is 0 Å². The zero-order valence-electron chi connectivity index (χ0n) is 15.0. The summed E-state index contributed by atoms with van der Waals surface area (Å²) in [6.45, 7) is 1.29. The Balaban J connectivity index is 2.08. The number of H-pyrrole nitrogens is 1. The highest BCUT2D eigenvalue weighted by Crippen LogP contribution is 2.42. The highest BCUT2D eigenvalue weighted by Gasteiger charge is 2.48. The number of aromatic nitrogens is 2. The third-order valence-corrected chi connectivity index (χ3v) is 6.15. The molecule has 0 aliphatic carbocycles. The van der Waals surface area contributed by atoms with Crippen molar-refractivity contribution in [2.24, 2.45) is 0 Å². The van der Waals surface area contributed by atoms with Crippen molar-refractivity contribution in [1.82, 2.24) is 9.78 Å². The lowest BCUT2D eigenvalue weighted by molar-refractivity contribution is -0.0569. The molecule has 0 radical (unpaired) electrons. The van der Waals surface area contributed by atoms with Crippen LogP contribution in [-0.2, 0) is 31.6 Å². The SMILES string of the molecule is CCCC(=N)c1[nH]n(C2OC(CO[P+](=O)O[P+](=O)OP=O)C(O)C2O)c(=O)c1N. The van der Waals surface area contributed by atoms with E-state index >= 15 is 0 Å². The van der Waals surface area contributed by atoms with E-state index in [1.54, 1.807) is 0 Å². The maximum absolute atomic E-state index is 12.4. The number of hydrogen-bond donors (Lipinski definition) is 5. The smallest absolute Gasteiger partial charge is 0.392 e. The second-order valence-electron chi connectivity index (χ2n) is 5.83. The van der Waals surface area contributed by atoms with Gasteiger partial charge < -0.3 is 26.1 Å². The molecule has 14 nitrogen and oxygen atoms in total. The summed E-state index contributed by atoms with van der Waals surface area (Å²) in [6.07, 6.45) is -4.72. The molecule has 160 valence electrons. The van der Waals surface area contributed by atoms with Gasteiger partial charge in [0.1, 0.15) is 36.3 Å². The van der Waals surface area contributed by atoms with Crippen molar-refractivity contribution < 1.29 is 41.8 Å². The van der Waals surface area contributed by atoms with Gasteiger partial charge in [-0.2, -0.15) is 0 Å². The molecule has 2 heterocycles. The van der Waals surface area contributed by atoms with Crippen molar-refractivity contribution in [2.45, 2.75) is 44.3 Å². The van der Waals surface area contributed by atoms with Crippen molar-refractivity contribution >= 4 is 36.6 Å². The largest absolute Gasteiger partial charge is 0.759 e. The van der Waals surface area contributed by atoms with Gasteiger partial charge in [0.25, 0.3) is 5.56 Å². The molecule has 0 aromatic carbocycles. The summed E-state index contributed by atoms with van der Waals surface area (Å²) in [5.41, 5.74) is 4.94. The maximum Gasteiger partial charge on any atom is 0.759 e. The zero-order chi connectivity index (χ0) is 21.7. The highest BCUT2D eigenvalue weighted by atomic mass is 31.2. The first-order valence-electron chi connectivity index (χ1n) is 8.15. The Morgan fingerprint density at radius 1 is 1.38 bits per heavy atom. The minimum atomic E-state index is -2.97. The number of nitrogens with one attached hydrogen (secondary N) is 2. The molecule has 0 amide bonds. The number of anilines is 1. The van der Waals surface area contributed by atoms with Gasteiger partial charge in [0, 0.05) is 9.13 Å². The molecule has 17 heteroatoms. The molecular weight excluding hydrogens is 453 g/mol. The third kappa shape index (κ3) is 5.58. The van der Waals surface area contributed by atoms with Crippen LogP contribution >= 0.6 is 25.2 Å². The standard InChI is InChI=1S/C12H18N4O10P3/c1-2-3-5(13)8-7(14)11(19)16(15-8)12-10(18)9(17)6(24-12)4-23-28(21)26-29(22)25-27-20/h6,9-10,12,17-18H,2-4H2,1H3,(H3-,13,14,15,19)/q+1/p+1. The molecule has 1 saturated heterocycles. The maximum atomic E-state index is 12.4. The first-order chi connectivity index (χ1) is 13.7. The van der Waals surface area contributed by atoms with Crippen LogP contribution in [-0.4, -0.2) is 50.6 Å². The summed E-state index contributed by atoms with van der Waals surface area (Å²) in [5.74, 6) is 0. The number of nitrogens with zero attached hydrogens (tertiary/aromatic N) is 1. The van der Waals surface area contributed by atoms with Crippen molar-refractivity contribution in [1.29, 1.82) is 5.41 Å². The van der Waals surface area contributed by atoms with Gasteiger partial charge in [0.2, 0.25) is 0 Å². The summed E-state index contributed by atoms with van der Waals surface area (Å²) in [5, 5.41) is 30.9. The lowest BCUT2D eigenvalue weighted by atomic mass is 10.1. The molecule has 1 aliphatic heterocycles. The monoisotopic (exact) mass is 472 g/mol. The van der Waals surface area contributed by atoms with E-state index in [1.165, 1.54) is 0 Å². The molecule has 1 aliphatic rings. The fourth-order valence-electron chi connectivity index (χ4n) is 2.59. The number of aromatic amines is 1. The number of rotatable bonds is 11. The van der Waals surface area contributed by atoms with Gasteiger partial charge in [-0.1, -0.05) is 13.3 Å². The number of aliphatic hydroxyl groups excluding tert-OH is 2. The van der Waals surface area contributed by atoms with Crippen LogP contribution in [0.3, 0.4) is 0 Å². The average Bonchev–Trinajstić information content (AvgIpc) is 3.11. The van der Waals surface area contributed by atoms with Crippen LogP contribution in [0.1, 0.15) is 31.7 Å². The highest BCUT2D eigenvalue weighted by molar-refractivity contribution is 7.50. The first kappa shape index (κ1) is 23.8. The predicted octanol–water partition coefficient (Wildman–Crippen LogP) is 1.12. The molecule has 1 aromatic rings. The Bertz CT molecular complexity index is 857. The number of nitrogens with two attached hydrogens (primary N) is 1. The van der Waals surface area contributed by atoms with Crippen LogP contribution in [0.25, 0.3) is 0 Å². The Kier molecular flexibility index (Phi) is 8.65.